The Morgan fingerprint density at radius 1 is 1.08 bits per heavy atom. The molecule has 2 aromatic carbocycles. The highest BCUT2D eigenvalue weighted by Gasteiger charge is 2.17. The number of hydrogen-bond acceptors (Lipinski definition) is 5. The van der Waals surface area contributed by atoms with E-state index >= 15 is 0 Å². The third-order valence-electron chi connectivity index (χ3n) is 4.00. The van der Waals surface area contributed by atoms with Gasteiger partial charge in [0.05, 0.1) is 24.9 Å². The summed E-state index contributed by atoms with van der Waals surface area (Å²) >= 11 is 0. The van der Waals surface area contributed by atoms with E-state index in [-0.39, 0.29) is 6.42 Å². The van der Waals surface area contributed by atoms with Crippen LogP contribution in [-0.4, -0.2) is 18.5 Å². The van der Waals surface area contributed by atoms with Crippen LogP contribution >= 0.6 is 0 Å². The van der Waals surface area contributed by atoms with Crippen molar-refractivity contribution in [2.75, 3.05) is 6.61 Å². The molecule has 0 saturated heterocycles. The van der Waals surface area contributed by atoms with Gasteiger partial charge in [0.25, 0.3) is 0 Å². The lowest BCUT2D eigenvalue weighted by atomic mass is 10.1. The second kappa shape index (κ2) is 5.85. The SMILES string of the molecule is O=C(Cc1ccc2c(c1)CCO2)OC(=O)c1ccc2occc2c1. The van der Waals surface area contributed by atoms with Crippen molar-refractivity contribution in [2.24, 2.45) is 0 Å². The second-order valence-electron chi connectivity index (χ2n) is 5.65. The van der Waals surface area contributed by atoms with Crippen molar-refractivity contribution in [2.45, 2.75) is 12.8 Å². The first kappa shape index (κ1) is 14.5. The zero-order valence-corrected chi connectivity index (χ0v) is 12.8. The van der Waals surface area contributed by atoms with Crippen LogP contribution in [0.25, 0.3) is 11.0 Å². The van der Waals surface area contributed by atoms with Gasteiger partial charge in [0.2, 0.25) is 0 Å². The normalized spacial score (nSPS) is 12.7. The van der Waals surface area contributed by atoms with Gasteiger partial charge in [-0.2, -0.15) is 0 Å². The number of ether oxygens (including phenoxy) is 2. The van der Waals surface area contributed by atoms with Gasteiger partial charge in [-0.05, 0) is 41.5 Å². The molecule has 4 rings (SSSR count). The van der Waals surface area contributed by atoms with Crippen molar-refractivity contribution < 1.29 is 23.5 Å². The molecule has 0 spiro atoms. The molecule has 0 bridgehead atoms. The molecule has 0 atom stereocenters. The zero-order chi connectivity index (χ0) is 16.5. The highest BCUT2D eigenvalue weighted by molar-refractivity contribution is 5.99. The Hall–Kier alpha value is -3.08. The first-order valence-electron chi connectivity index (χ1n) is 7.66. The molecule has 0 radical (unpaired) electrons. The van der Waals surface area contributed by atoms with Crippen LogP contribution in [0.5, 0.6) is 5.75 Å². The third kappa shape index (κ3) is 2.76. The van der Waals surface area contributed by atoms with Gasteiger partial charge in [-0.1, -0.05) is 12.1 Å². The van der Waals surface area contributed by atoms with E-state index in [0.29, 0.717) is 17.8 Å². The molecule has 3 aromatic rings. The zero-order valence-electron chi connectivity index (χ0n) is 12.8. The summed E-state index contributed by atoms with van der Waals surface area (Å²) in [6.07, 6.45) is 2.43. The van der Waals surface area contributed by atoms with Crippen molar-refractivity contribution in [3.8, 4) is 5.75 Å². The monoisotopic (exact) mass is 322 g/mol. The number of benzene rings is 2. The minimum absolute atomic E-state index is 0.0486. The molecule has 0 unspecified atom stereocenters. The fourth-order valence-corrected chi connectivity index (χ4v) is 2.81. The van der Waals surface area contributed by atoms with E-state index in [9.17, 15) is 9.59 Å². The molecule has 5 heteroatoms. The number of carbonyl (C=O) groups excluding carboxylic acids is 2. The van der Waals surface area contributed by atoms with E-state index in [1.807, 2.05) is 18.2 Å². The average Bonchev–Trinajstić information content (AvgIpc) is 3.22. The molecule has 120 valence electrons. The topological polar surface area (TPSA) is 65.7 Å². The van der Waals surface area contributed by atoms with Gasteiger partial charge in [-0.25, -0.2) is 4.79 Å². The Morgan fingerprint density at radius 2 is 2.00 bits per heavy atom. The van der Waals surface area contributed by atoms with Gasteiger partial charge in [-0.15, -0.1) is 0 Å². The number of hydrogen-bond donors (Lipinski definition) is 0. The molecular formula is C19H14O5. The highest BCUT2D eigenvalue weighted by Crippen LogP contribution is 2.26. The van der Waals surface area contributed by atoms with Gasteiger partial charge in [0.15, 0.2) is 0 Å². The lowest BCUT2D eigenvalue weighted by Gasteiger charge is -2.05. The van der Waals surface area contributed by atoms with Gasteiger partial charge in [-0.3, -0.25) is 4.79 Å². The summed E-state index contributed by atoms with van der Waals surface area (Å²) in [7, 11) is 0. The van der Waals surface area contributed by atoms with E-state index in [0.717, 1.165) is 28.7 Å². The number of rotatable bonds is 3. The molecule has 1 aliphatic rings. The second-order valence-corrected chi connectivity index (χ2v) is 5.65. The van der Waals surface area contributed by atoms with Crippen LogP contribution in [0.4, 0.5) is 0 Å². The minimum Gasteiger partial charge on any atom is -0.493 e. The van der Waals surface area contributed by atoms with E-state index in [1.165, 1.54) is 0 Å². The smallest absolute Gasteiger partial charge is 0.345 e. The maximum absolute atomic E-state index is 12.1. The van der Waals surface area contributed by atoms with Crippen LogP contribution in [-0.2, 0) is 22.4 Å². The summed E-state index contributed by atoms with van der Waals surface area (Å²) < 4.78 is 15.6. The van der Waals surface area contributed by atoms with E-state index in [4.69, 9.17) is 13.9 Å². The van der Waals surface area contributed by atoms with Crippen LogP contribution in [0.15, 0.2) is 53.1 Å². The fourth-order valence-electron chi connectivity index (χ4n) is 2.81. The molecule has 24 heavy (non-hydrogen) atoms. The number of esters is 2. The lowest BCUT2D eigenvalue weighted by molar-refractivity contribution is -0.137. The van der Waals surface area contributed by atoms with Crippen LogP contribution in [0, 0.1) is 0 Å². The number of fused-ring (bicyclic) bond motifs is 2. The minimum atomic E-state index is -0.660. The van der Waals surface area contributed by atoms with Crippen molar-refractivity contribution in [3.05, 3.63) is 65.4 Å². The standard InChI is InChI=1S/C19H14O5/c20-18(10-12-1-3-16-13(9-12)5-7-22-16)24-19(21)15-2-4-17-14(11-15)6-8-23-17/h1-4,6,8-9,11H,5,7,10H2. The number of carbonyl (C=O) groups is 2. The van der Waals surface area contributed by atoms with Crippen molar-refractivity contribution >= 4 is 22.9 Å². The predicted molar refractivity (Wildman–Crippen MR) is 86.0 cm³/mol. The molecule has 0 fully saturated rings. The Kier molecular flexibility index (Phi) is 3.54. The Bertz CT molecular complexity index is 938. The predicted octanol–water partition coefficient (Wildman–Crippen LogP) is 3.29. The van der Waals surface area contributed by atoms with Gasteiger partial charge >= 0.3 is 11.9 Å². The Balaban J connectivity index is 1.44. The molecule has 1 aliphatic heterocycles. The van der Waals surface area contributed by atoms with E-state index in [2.05, 4.69) is 0 Å². The first-order chi connectivity index (χ1) is 11.7. The van der Waals surface area contributed by atoms with Gasteiger partial charge < -0.3 is 13.9 Å². The molecule has 0 saturated carbocycles. The van der Waals surface area contributed by atoms with Crippen molar-refractivity contribution in [1.82, 2.24) is 0 Å². The molecule has 0 amide bonds. The maximum atomic E-state index is 12.1. The maximum Gasteiger partial charge on any atom is 0.345 e. The Morgan fingerprint density at radius 3 is 2.92 bits per heavy atom. The summed E-state index contributed by atoms with van der Waals surface area (Å²) in [4.78, 5) is 24.1. The summed E-state index contributed by atoms with van der Waals surface area (Å²) in [5.74, 6) is -0.379. The van der Waals surface area contributed by atoms with Crippen LogP contribution in [0.1, 0.15) is 21.5 Å². The Labute approximate surface area is 137 Å². The molecule has 1 aromatic heterocycles. The van der Waals surface area contributed by atoms with Crippen molar-refractivity contribution in [1.29, 1.82) is 0 Å². The van der Waals surface area contributed by atoms with Crippen LogP contribution in [0.3, 0.4) is 0 Å². The molecule has 5 nitrogen and oxygen atoms in total. The highest BCUT2D eigenvalue weighted by atomic mass is 16.6. The summed E-state index contributed by atoms with van der Waals surface area (Å²) in [6, 6.07) is 12.2. The molecular weight excluding hydrogens is 308 g/mol. The first-order valence-corrected chi connectivity index (χ1v) is 7.66. The lowest BCUT2D eigenvalue weighted by Crippen LogP contribution is -2.14. The molecule has 0 aliphatic carbocycles. The summed E-state index contributed by atoms with van der Waals surface area (Å²) in [5.41, 5.74) is 2.89. The molecule has 2 heterocycles. The summed E-state index contributed by atoms with van der Waals surface area (Å²) in [6.45, 7) is 0.665. The quantitative estimate of drug-likeness (QED) is 0.547. The largest absolute Gasteiger partial charge is 0.493 e. The van der Waals surface area contributed by atoms with Crippen molar-refractivity contribution in [3.63, 3.8) is 0 Å². The fraction of sp³-hybridized carbons (Fsp3) is 0.158. The van der Waals surface area contributed by atoms with Crippen LogP contribution in [0.2, 0.25) is 0 Å². The van der Waals surface area contributed by atoms with Crippen LogP contribution < -0.4 is 4.74 Å². The number of furan rings is 1. The van der Waals surface area contributed by atoms with E-state index in [1.54, 1.807) is 30.5 Å². The van der Waals surface area contributed by atoms with Gasteiger partial charge in [0, 0.05) is 11.8 Å². The van der Waals surface area contributed by atoms with E-state index < -0.39 is 11.9 Å². The summed E-state index contributed by atoms with van der Waals surface area (Å²) in [5, 5.41) is 0.788. The van der Waals surface area contributed by atoms with Gasteiger partial charge in [0.1, 0.15) is 11.3 Å². The molecule has 0 N–H and O–H groups in total. The third-order valence-corrected chi connectivity index (χ3v) is 4.00. The average molecular weight is 322 g/mol.